The van der Waals surface area contributed by atoms with E-state index in [-0.39, 0.29) is 5.54 Å². The van der Waals surface area contributed by atoms with E-state index in [9.17, 15) is 0 Å². The summed E-state index contributed by atoms with van der Waals surface area (Å²) in [5, 5.41) is 0. The van der Waals surface area contributed by atoms with Crippen LogP contribution in [0.3, 0.4) is 0 Å². The molecule has 1 nitrogen and oxygen atoms in total. The molecule has 0 aromatic rings. The molecular weight excluding hydrogens is 182 g/mol. The Morgan fingerprint density at radius 3 is 2.40 bits per heavy atom. The minimum atomic E-state index is 0.116. The number of rotatable bonds is 2. The van der Waals surface area contributed by atoms with E-state index in [4.69, 9.17) is 5.73 Å². The van der Waals surface area contributed by atoms with E-state index in [0.717, 1.165) is 5.92 Å². The lowest BCUT2D eigenvalue weighted by Gasteiger charge is -2.44. The summed E-state index contributed by atoms with van der Waals surface area (Å²) < 4.78 is 0. The molecule has 1 saturated carbocycles. The van der Waals surface area contributed by atoms with Crippen molar-refractivity contribution in [2.24, 2.45) is 23.0 Å². The van der Waals surface area contributed by atoms with Gasteiger partial charge >= 0.3 is 0 Å². The molecule has 0 spiro atoms. The van der Waals surface area contributed by atoms with Gasteiger partial charge in [-0.2, -0.15) is 0 Å². The Morgan fingerprint density at radius 2 is 1.87 bits per heavy atom. The molecule has 90 valence electrons. The van der Waals surface area contributed by atoms with E-state index in [1.54, 1.807) is 0 Å². The minimum absolute atomic E-state index is 0.116. The first kappa shape index (κ1) is 13.0. The standard InChI is InChI=1S/C14H29N/c1-11-7-6-8-14(15,12(11)2)10-9-13(3,4)5/h11-12H,6-10,15H2,1-5H3. The van der Waals surface area contributed by atoms with Crippen LogP contribution >= 0.6 is 0 Å². The normalized spacial score (nSPS) is 38.0. The first-order chi connectivity index (χ1) is 6.75. The molecule has 0 amide bonds. The molecule has 1 fully saturated rings. The largest absolute Gasteiger partial charge is 0.325 e. The fourth-order valence-electron chi connectivity index (χ4n) is 2.76. The Morgan fingerprint density at radius 1 is 1.27 bits per heavy atom. The Balaban J connectivity index is 2.57. The zero-order valence-corrected chi connectivity index (χ0v) is 11.3. The molecule has 0 saturated heterocycles. The summed E-state index contributed by atoms with van der Waals surface area (Å²) in [6.07, 6.45) is 6.37. The Hall–Kier alpha value is -0.0400. The molecule has 3 unspecified atom stereocenters. The fraction of sp³-hybridized carbons (Fsp3) is 1.00. The third-order valence-electron chi connectivity index (χ3n) is 4.40. The van der Waals surface area contributed by atoms with Crippen LogP contribution in [-0.4, -0.2) is 5.54 Å². The molecule has 0 heterocycles. The van der Waals surface area contributed by atoms with Gasteiger partial charge in [-0.3, -0.25) is 0 Å². The highest BCUT2D eigenvalue weighted by Crippen LogP contribution is 2.40. The van der Waals surface area contributed by atoms with Crippen molar-refractivity contribution in [2.75, 3.05) is 0 Å². The van der Waals surface area contributed by atoms with E-state index < -0.39 is 0 Å². The molecule has 0 bridgehead atoms. The van der Waals surface area contributed by atoms with Crippen molar-refractivity contribution in [1.82, 2.24) is 0 Å². The number of hydrogen-bond acceptors (Lipinski definition) is 1. The Bertz CT molecular complexity index is 204. The second-order valence-electron chi connectivity index (χ2n) is 6.95. The van der Waals surface area contributed by atoms with Gasteiger partial charge in [-0.25, -0.2) is 0 Å². The van der Waals surface area contributed by atoms with Gasteiger partial charge in [0, 0.05) is 5.54 Å². The number of nitrogens with two attached hydrogens (primary N) is 1. The van der Waals surface area contributed by atoms with Crippen LogP contribution in [0.1, 0.15) is 66.7 Å². The second kappa shape index (κ2) is 4.45. The number of hydrogen-bond donors (Lipinski definition) is 1. The highest BCUT2D eigenvalue weighted by molar-refractivity contribution is 4.95. The monoisotopic (exact) mass is 211 g/mol. The lowest BCUT2D eigenvalue weighted by molar-refractivity contribution is 0.120. The third kappa shape index (κ3) is 3.48. The van der Waals surface area contributed by atoms with Crippen LogP contribution in [-0.2, 0) is 0 Å². The van der Waals surface area contributed by atoms with E-state index in [0.29, 0.717) is 11.3 Å². The van der Waals surface area contributed by atoms with Gasteiger partial charge < -0.3 is 5.73 Å². The maximum Gasteiger partial charge on any atom is 0.0183 e. The van der Waals surface area contributed by atoms with Gasteiger partial charge in [0.05, 0.1) is 0 Å². The minimum Gasteiger partial charge on any atom is -0.325 e. The third-order valence-corrected chi connectivity index (χ3v) is 4.40. The smallest absolute Gasteiger partial charge is 0.0183 e. The van der Waals surface area contributed by atoms with E-state index in [2.05, 4.69) is 34.6 Å². The molecule has 2 N–H and O–H groups in total. The fourth-order valence-corrected chi connectivity index (χ4v) is 2.76. The predicted molar refractivity (Wildman–Crippen MR) is 67.8 cm³/mol. The molecule has 1 rings (SSSR count). The molecule has 1 aliphatic rings. The van der Waals surface area contributed by atoms with Crippen LogP contribution in [0.15, 0.2) is 0 Å². The van der Waals surface area contributed by atoms with Crippen molar-refractivity contribution in [3.63, 3.8) is 0 Å². The second-order valence-corrected chi connectivity index (χ2v) is 6.95. The highest BCUT2D eigenvalue weighted by Gasteiger charge is 2.38. The van der Waals surface area contributed by atoms with E-state index >= 15 is 0 Å². The average Bonchev–Trinajstić information content (AvgIpc) is 2.10. The van der Waals surface area contributed by atoms with E-state index in [1.165, 1.54) is 32.1 Å². The lowest BCUT2D eigenvalue weighted by Crippen LogP contribution is -2.51. The molecule has 15 heavy (non-hydrogen) atoms. The summed E-state index contributed by atoms with van der Waals surface area (Å²) >= 11 is 0. The van der Waals surface area contributed by atoms with Crippen molar-refractivity contribution in [3.8, 4) is 0 Å². The first-order valence-electron chi connectivity index (χ1n) is 6.53. The van der Waals surface area contributed by atoms with Crippen molar-refractivity contribution in [3.05, 3.63) is 0 Å². The van der Waals surface area contributed by atoms with Crippen LogP contribution in [0.25, 0.3) is 0 Å². The summed E-state index contributed by atoms with van der Waals surface area (Å²) in [4.78, 5) is 0. The molecule has 0 aromatic carbocycles. The molecule has 0 radical (unpaired) electrons. The van der Waals surface area contributed by atoms with Gasteiger partial charge in [-0.15, -0.1) is 0 Å². The zero-order valence-electron chi connectivity index (χ0n) is 11.3. The molecule has 1 heteroatoms. The highest BCUT2D eigenvalue weighted by atomic mass is 14.8. The van der Waals surface area contributed by atoms with Gasteiger partial charge in [0.25, 0.3) is 0 Å². The zero-order chi connectivity index (χ0) is 11.7. The molecule has 3 atom stereocenters. The topological polar surface area (TPSA) is 26.0 Å². The Labute approximate surface area is 95.8 Å². The first-order valence-corrected chi connectivity index (χ1v) is 6.53. The predicted octanol–water partition coefficient (Wildman–Crippen LogP) is 3.97. The summed E-state index contributed by atoms with van der Waals surface area (Å²) in [6.45, 7) is 11.7. The maximum atomic E-state index is 6.60. The maximum absolute atomic E-state index is 6.60. The summed E-state index contributed by atoms with van der Waals surface area (Å²) in [5.41, 5.74) is 7.14. The summed E-state index contributed by atoms with van der Waals surface area (Å²) in [5.74, 6) is 1.50. The molecular formula is C14H29N. The van der Waals surface area contributed by atoms with Crippen LogP contribution < -0.4 is 5.73 Å². The molecule has 0 aromatic heterocycles. The van der Waals surface area contributed by atoms with Crippen molar-refractivity contribution in [1.29, 1.82) is 0 Å². The summed E-state index contributed by atoms with van der Waals surface area (Å²) in [7, 11) is 0. The quantitative estimate of drug-likeness (QED) is 0.735. The van der Waals surface area contributed by atoms with Gasteiger partial charge in [-0.05, 0) is 36.5 Å². The lowest BCUT2D eigenvalue weighted by atomic mass is 9.66. The summed E-state index contributed by atoms with van der Waals surface area (Å²) in [6, 6.07) is 0. The van der Waals surface area contributed by atoms with Crippen LogP contribution in [0.4, 0.5) is 0 Å². The van der Waals surface area contributed by atoms with Crippen LogP contribution in [0.2, 0.25) is 0 Å². The van der Waals surface area contributed by atoms with Crippen molar-refractivity contribution < 1.29 is 0 Å². The Kier molecular flexibility index (Phi) is 3.86. The average molecular weight is 211 g/mol. The molecule has 0 aliphatic heterocycles. The van der Waals surface area contributed by atoms with Gasteiger partial charge in [0.15, 0.2) is 0 Å². The van der Waals surface area contributed by atoms with Crippen molar-refractivity contribution in [2.45, 2.75) is 72.3 Å². The van der Waals surface area contributed by atoms with Crippen molar-refractivity contribution >= 4 is 0 Å². The van der Waals surface area contributed by atoms with Crippen LogP contribution in [0.5, 0.6) is 0 Å². The SMILES string of the molecule is CC1CCCC(N)(CCC(C)(C)C)C1C. The van der Waals surface area contributed by atoms with Gasteiger partial charge in [0.2, 0.25) is 0 Å². The van der Waals surface area contributed by atoms with Crippen LogP contribution in [0, 0.1) is 17.3 Å². The van der Waals surface area contributed by atoms with E-state index in [1.807, 2.05) is 0 Å². The molecule has 1 aliphatic carbocycles. The van der Waals surface area contributed by atoms with Gasteiger partial charge in [0.1, 0.15) is 0 Å². The van der Waals surface area contributed by atoms with Gasteiger partial charge in [-0.1, -0.05) is 47.5 Å².